The van der Waals surface area contributed by atoms with E-state index in [-0.39, 0.29) is 0 Å². The lowest BCUT2D eigenvalue weighted by Gasteiger charge is -1.99. The van der Waals surface area contributed by atoms with Crippen LogP contribution in [0.25, 0.3) is 0 Å². The van der Waals surface area contributed by atoms with Gasteiger partial charge in [0.1, 0.15) is 5.76 Å². The molecule has 0 fully saturated rings. The van der Waals surface area contributed by atoms with Crippen molar-refractivity contribution in [2.75, 3.05) is 6.54 Å². The number of hydrogen-bond acceptors (Lipinski definition) is 4. The maximum Gasteiger partial charge on any atom is 0.180 e. The van der Waals surface area contributed by atoms with E-state index in [4.69, 9.17) is 4.42 Å². The van der Waals surface area contributed by atoms with Gasteiger partial charge in [0.05, 0.1) is 19.1 Å². The van der Waals surface area contributed by atoms with Crippen molar-refractivity contribution in [3.8, 4) is 0 Å². The predicted molar refractivity (Wildman–Crippen MR) is 50.5 cm³/mol. The summed E-state index contributed by atoms with van der Waals surface area (Å²) in [7, 11) is 0. The van der Waals surface area contributed by atoms with Crippen LogP contribution in [0.5, 0.6) is 0 Å². The van der Waals surface area contributed by atoms with Gasteiger partial charge in [0, 0.05) is 24.9 Å². The van der Waals surface area contributed by atoms with Gasteiger partial charge in [-0.05, 0) is 0 Å². The highest BCUT2D eigenvalue weighted by molar-refractivity contribution is 4.95. The van der Waals surface area contributed by atoms with Gasteiger partial charge in [-0.1, -0.05) is 0 Å². The molecule has 0 atom stereocenters. The summed E-state index contributed by atoms with van der Waals surface area (Å²) >= 11 is 0. The minimum absolute atomic E-state index is 0.716. The normalized spacial score (nSPS) is 10.6. The van der Waals surface area contributed by atoms with Crippen LogP contribution in [0.3, 0.4) is 0 Å². The van der Waals surface area contributed by atoms with Gasteiger partial charge in [-0.15, -0.1) is 0 Å². The Hall–Kier alpha value is -1.62. The molecule has 2 heterocycles. The Balaban J connectivity index is 1.65. The van der Waals surface area contributed by atoms with Crippen molar-refractivity contribution in [3.63, 3.8) is 0 Å². The Kier molecular flexibility index (Phi) is 2.92. The topological polar surface area (TPSA) is 66.7 Å². The molecular formula is C9H12N4O. The number of aromatic nitrogens is 3. The molecule has 0 aliphatic carbocycles. The zero-order chi connectivity index (χ0) is 9.64. The van der Waals surface area contributed by atoms with Crippen molar-refractivity contribution in [1.29, 1.82) is 0 Å². The summed E-state index contributed by atoms with van der Waals surface area (Å²) < 4.78 is 5.08. The van der Waals surface area contributed by atoms with E-state index in [1.165, 1.54) is 6.39 Å². The summed E-state index contributed by atoms with van der Waals surface area (Å²) in [6, 6.07) is 0. The Morgan fingerprint density at radius 2 is 2.36 bits per heavy atom. The SMILES string of the molecule is c1ncc(CCNCc2cnco2)[nH]1. The highest BCUT2D eigenvalue weighted by Crippen LogP contribution is 1.95. The van der Waals surface area contributed by atoms with E-state index in [0.717, 1.165) is 24.4 Å². The third kappa shape index (κ3) is 2.43. The van der Waals surface area contributed by atoms with Crippen LogP contribution in [0.4, 0.5) is 0 Å². The van der Waals surface area contributed by atoms with Crippen molar-refractivity contribution in [2.45, 2.75) is 13.0 Å². The molecule has 0 bridgehead atoms. The van der Waals surface area contributed by atoms with Crippen molar-refractivity contribution in [2.24, 2.45) is 0 Å². The van der Waals surface area contributed by atoms with Crippen molar-refractivity contribution in [1.82, 2.24) is 20.3 Å². The predicted octanol–water partition coefficient (Wildman–Crippen LogP) is 0.730. The van der Waals surface area contributed by atoms with Crippen LogP contribution in [0.1, 0.15) is 11.5 Å². The molecule has 0 saturated carbocycles. The molecule has 0 aromatic carbocycles. The lowest BCUT2D eigenvalue weighted by atomic mass is 10.3. The first-order valence-corrected chi connectivity index (χ1v) is 4.50. The second-order valence-corrected chi connectivity index (χ2v) is 2.97. The average Bonchev–Trinajstić information content (AvgIpc) is 2.86. The first kappa shape index (κ1) is 8.96. The molecule has 0 aliphatic heterocycles. The molecule has 2 aromatic rings. The quantitative estimate of drug-likeness (QED) is 0.685. The van der Waals surface area contributed by atoms with Gasteiger partial charge in [0.25, 0.3) is 0 Å². The van der Waals surface area contributed by atoms with E-state index in [1.807, 2.05) is 6.20 Å². The average molecular weight is 192 g/mol. The van der Waals surface area contributed by atoms with Crippen molar-refractivity contribution in [3.05, 3.63) is 36.6 Å². The fraction of sp³-hybridized carbons (Fsp3) is 0.333. The maximum atomic E-state index is 5.08. The summed E-state index contributed by atoms with van der Waals surface area (Å²) in [5, 5.41) is 3.24. The summed E-state index contributed by atoms with van der Waals surface area (Å²) in [5.41, 5.74) is 1.13. The maximum absolute atomic E-state index is 5.08. The molecule has 5 nitrogen and oxygen atoms in total. The number of imidazole rings is 1. The Bertz CT molecular complexity index is 305. The number of nitrogens with zero attached hydrogens (tertiary/aromatic N) is 2. The number of nitrogens with one attached hydrogen (secondary N) is 2. The van der Waals surface area contributed by atoms with E-state index in [1.54, 1.807) is 12.5 Å². The fourth-order valence-electron chi connectivity index (χ4n) is 1.19. The van der Waals surface area contributed by atoms with E-state index in [0.29, 0.717) is 6.54 Å². The lowest BCUT2D eigenvalue weighted by molar-refractivity contribution is 0.480. The summed E-state index contributed by atoms with van der Waals surface area (Å²) in [6.45, 7) is 1.61. The van der Waals surface area contributed by atoms with Gasteiger partial charge >= 0.3 is 0 Å². The van der Waals surface area contributed by atoms with E-state index >= 15 is 0 Å². The van der Waals surface area contributed by atoms with Crippen LogP contribution in [0.2, 0.25) is 0 Å². The van der Waals surface area contributed by atoms with Gasteiger partial charge < -0.3 is 14.7 Å². The second kappa shape index (κ2) is 4.57. The van der Waals surface area contributed by atoms with Crippen LogP contribution < -0.4 is 5.32 Å². The van der Waals surface area contributed by atoms with Gasteiger partial charge in [0.2, 0.25) is 0 Å². The third-order valence-corrected chi connectivity index (χ3v) is 1.91. The molecule has 14 heavy (non-hydrogen) atoms. The molecular weight excluding hydrogens is 180 g/mol. The van der Waals surface area contributed by atoms with Crippen LogP contribution in [-0.4, -0.2) is 21.5 Å². The van der Waals surface area contributed by atoms with Gasteiger partial charge in [-0.25, -0.2) is 9.97 Å². The monoisotopic (exact) mass is 192 g/mol. The number of hydrogen-bond donors (Lipinski definition) is 2. The molecule has 2 aromatic heterocycles. The molecule has 0 amide bonds. The lowest BCUT2D eigenvalue weighted by Crippen LogP contribution is -2.16. The fourth-order valence-corrected chi connectivity index (χ4v) is 1.19. The molecule has 5 heteroatoms. The van der Waals surface area contributed by atoms with Gasteiger partial charge in [-0.2, -0.15) is 0 Å². The van der Waals surface area contributed by atoms with Gasteiger partial charge in [-0.3, -0.25) is 0 Å². The Morgan fingerprint density at radius 3 is 3.07 bits per heavy atom. The molecule has 74 valence electrons. The molecule has 0 unspecified atom stereocenters. The molecule has 0 aliphatic rings. The standard InChI is InChI=1S/C9H12N4O/c1(8-3-11-6-13-8)2-10-4-9-5-12-7-14-9/h3,5-7,10H,1-2,4H2,(H,11,13). The summed E-state index contributed by atoms with van der Waals surface area (Å²) in [6.07, 6.45) is 7.60. The third-order valence-electron chi connectivity index (χ3n) is 1.91. The van der Waals surface area contributed by atoms with E-state index in [2.05, 4.69) is 20.3 Å². The first-order valence-electron chi connectivity index (χ1n) is 4.50. The van der Waals surface area contributed by atoms with Crippen LogP contribution >= 0.6 is 0 Å². The Morgan fingerprint density at radius 1 is 1.36 bits per heavy atom. The van der Waals surface area contributed by atoms with Crippen molar-refractivity contribution < 1.29 is 4.42 Å². The van der Waals surface area contributed by atoms with Crippen LogP contribution in [-0.2, 0) is 13.0 Å². The van der Waals surface area contributed by atoms with E-state index in [9.17, 15) is 0 Å². The second-order valence-electron chi connectivity index (χ2n) is 2.97. The van der Waals surface area contributed by atoms with Crippen LogP contribution in [0, 0.1) is 0 Å². The van der Waals surface area contributed by atoms with E-state index < -0.39 is 0 Å². The highest BCUT2D eigenvalue weighted by Gasteiger charge is 1.96. The zero-order valence-corrected chi connectivity index (χ0v) is 7.73. The summed E-state index contributed by atoms with van der Waals surface area (Å²) in [5.74, 6) is 0.856. The van der Waals surface area contributed by atoms with Crippen molar-refractivity contribution >= 4 is 0 Å². The largest absolute Gasteiger partial charge is 0.447 e. The highest BCUT2D eigenvalue weighted by atomic mass is 16.3. The number of rotatable bonds is 5. The molecule has 0 radical (unpaired) electrons. The minimum Gasteiger partial charge on any atom is -0.447 e. The molecule has 0 spiro atoms. The minimum atomic E-state index is 0.716. The van der Waals surface area contributed by atoms with Crippen LogP contribution in [0.15, 0.2) is 29.5 Å². The number of aromatic amines is 1. The summed E-state index contributed by atoms with van der Waals surface area (Å²) in [4.78, 5) is 10.8. The number of oxazole rings is 1. The van der Waals surface area contributed by atoms with Gasteiger partial charge in [0.15, 0.2) is 6.39 Å². The zero-order valence-electron chi connectivity index (χ0n) is 7.73. The smallest absolute Gasteiger partial charge is 0.180 e. The molecule has 0 saturated heterocycles. The molecule has 2 N–H and O–H groups in total. The number of H-pyrrole nitrogens is 1. The first-order chi connectivity index (χ1) is 6.95. The molecule has 2 rings (SSSR count). The Labute approximate surface area is 81.6 Å².